The van der Waals surface area contributed by atoms with Crippen molar-refractivity contribution in [3.8, 4) is 0 Å². The molecule has 0 saturated carbocycles. The van der Waals surface area contributed by atoms with Crippen LogP contribution in [0.15, 0.2) is 85.1 Å². The molecule has 0 aromatic rings. The summed E-state index contributed by atoms with van der Waals surface area (Å²) in [5.41, 5.74) is 0. The van der Waals surface area contributed by atoms with E-state index in [9.17, 15) is 14.4 Å². The van der Waals surface area contributed by atoms with Crippen molar-refractivity contribution in [2.75, 3.05) is 13.2 Å². The third kappa shape index (κ3) is 49.6. The first kappa shape index (κ1) is 60.6. The largest absolute Gasteiger partial charge is 0.462 e. The van der Waals surface area contributed by atoms with Crippen LogP contribution in [0.5, 0.6) is 0 Å². The highest BCUT2D eigenvalue weighted by atomic mass is 16.6. The third-order valence-electron chi connectivity index (χ3n) is 11.1. The van der Waals surface area contributed by atoms with Crippen LogP contribution in [-0.2, 0) is 28.6 Å². The monoisotopic (exact) mass is 891 g/mol. The topological polar surface area (TPSA) is 78.9 Å². The summed E-state index contributed by atoms with van der Waals surface area (Å²) in [6.07, 6.45) is 67.1. The number of hydrogen-bond acceptors (Lipinski definition) is 6. The van der Waals surface area contributed by atoms with Crippen molar-refractivity contribution in [1.29, 1.82) is 0 Å². The van der Waals surface area contributed by atoms with E-state index in [0.717, 1.165) is 128 Å². The molecule has 0 aliphatic rings. The molecular weight excluding hydrogens is 793 g/mol. The van der Waals surface area contributed by atoms with Gasteiger partial charge in [0.25, 0.3) is 0 Å². The van der Waals surface area contributed by atoms with E-state index in [4.69, 9.17) is 14.2 Å². The Morgan fingerprint density at radius 1 is 0.328 bits per heavy atom. The molecule has 0 fully saturated rings. The number of rotatable bonds is 47. The molecule has 0 spiro atoms. The van der Waals surface area contributed by atoms with Crippen LogP contribution in [0.2, 0.25) is 0 Å². The van der Waals surface area contributed by atoms with Crippen LogP contribution in [0.25, 0.3) is 0 Å². The van der Waals surface area contributed by atoms with E-state index >= 15 is 0 Å². The van der Waals surface area contributed by atoms with Crippen molar-refractivity contribution in [3.63, 3.8) is 0 Å². The molecule has 0 rings (SSSR count). The molecule has 0 aromatic carbocycles. The maximum absolute atomic E-state index is 12.8. The van der Waals surface area contributed by atoms with E-state index in [1.165, 1.54) is 77.0 Å². The molecular formula is C58H98O6. The van der Waals surface area contributed by atoms with Crippen molar-refractivity contribution in [3.05, 3.63) is 85.1 Å². The lowest BCUT2D eigenvalue weighted by molar-refractivity contribution is -0.167. The lowest BCUT2D eigenvalue weighted by atomic mass is 10.1. The van der Waals surface area contributed by atoms with E-state index in [1.807, 2.05) is 0 Å². The maximum Gasteiger partial charge on any atom is 0.306 e. The molecule has 64 heavy (non-hydrogen) atoms. The summed E-state index contributed by atoms with van der Waals surface area (Å²) in [5, 5.41) is 0. The zero-order valence-corrected chi connectivity index (χ0v) is 41.8. The molecule has 1 atom stereocenters. The van der Waals surface area contributed by atoms with Gasteiger partial charge in [-0.1, -0.05) is 202 Å². The van der Waals surface area contributed by atoms with Gasteiger partial charge >= 0.3 is 17.9 Å². The smallest absolute Gasteiger partial charge is 0.306 e. The molecule has 0 aliphatic carbocycles. The number of unbranched alkanes of at least 4 members (excludes halogenated alkanes) is 22. The van der Waals surface area contributed by atoms with Crippen LogP contribution in [-0.4, -0.2) is 37.2 Å². The van der Waals surface area contributed by atoms with Gasteiger partial charge in [0.1, 0.15) is 13.2 Å². The third-order valence-corrected chi connectivity index (χ3v) is 11.1. The van der Waals surface area contributed by atoms with Gasteiger partial charge in [-0.3, -0.25) is 14.4 Å². The highest BCUT2D eigenvalue weighted by Gasteiger charge is 2.19. The molecule has 366 valence electrons. The van der Waals surface area contributed by atoms with Crippen LogP contribution in [0.1, 0.15) is 245 Å². The summed E-state index contributed by atoms with van der Waals surface area (Å²) in [6, 6.07) is 0. The second-order valence-corrected chi connectivity index (χ2v) is 17.4. The molecule has 0 aromatic heterocycles. The van der Waals surface area contributed by atoms with E-state index in [0.29, 0.717) is 19.3 Å². The molecule has 0 amide bonds. The molecule has 6 nitrogen and oxygen atoms in total. The molecule has 0 heterocycles. The molecule has 6 heteroatoms. The lowest BCUT2D eigenvalue weighted by Gasteiger charge is -2.18. The Hall–Kier alpha value is -3.41. The van der Waals surface area contributed by atoms with Crippen molar-refractivity contribution in [2.24, 2.45) is 0 Å². The van der Waals surface area contributed by atoms with E-state index in [2.05, 4.69) is 106 Å². The SMILES string of the molecule is CC/C=C\C/C=C\C/C=C\CCCCCCCCC(=O)OCC(COC(=O)CCCCC/C=C\CCCCCCCCC)OC(=O)CCCCCCCC/C=C\C/C=C\C/C=C\CC. The molecule has 0 aliphatic heterocycles. The van der Waals surface area contributed by atoms with Gasteiger partial charge in [0.2, 0.25) is 0 Å². The fourth-order valence-electron chi connectivity index (χ4n) is 7.17. The van der Waals surface area contributed by atoms with Crippen LogP contribution in [0, 0.1) is 0 Å². The van der Waals surface area contributed by atoms with Crippen LogP contribution in [0.4, 0.5) is 0 Å². The Bertz CT molecular complexity index is 1250. The molecule has 1 unspecified atom stereocenters. The van der Waals surface area contributed by atoms with Gasteiger partial charge in [-0.15, -0.1) is 0 Å². The van der Waals surface area contributed by atoms with Gasteiger partial charge < -0.3 is 14.2 Å². The molecule has 0 N–H and O–H groups in total. The highest BCUT2D eigenvalue weighted by Crippen LogP contribution is 2.14. The Balaban J connectivity index is 4.45. The fourth-order valence-corrected chi connectivity index (χ4v) is 7.17. The van der Waals surface area contributed by atoms with E-state index < -0.39 is 6.10 Å². The first-order valence-corrected chi connectivity index (χ1v) is 26.6. The van der Waals surface area contributed by atoms with Crippen molar-refractivity contribution >= 4 is 17.9 Å². The maximum atomic E-state index is 12.8. The average Bonchev–Trinajstić information content (AvgIpc) is 3.29. The summed E-state index contributed by atoms with van der Waals surface area (Å²) in [7, 11) is 0. The van der Waals surface area contributed by atoms with Crippen LogP contribution >= 0.6 is 0 Å². The van der Waals surface area contributed by atoms with Crippen molar-refractivity contribution < 1.29 is 28.6 Å². The second kappa shape index (κ2) is 52.2. The average molecular weight is 891 g/mol. The summed E-state index contributed by atoms with van der Waals surface area (Å²) < 4.78 is 16.8. The fraction of sp³-hybridized carbons (Fsp3) is 0.707. The van der Waals surface area contributed by atoms with Crippen molar-refractivity contribution in [2.45, 2.75) is 252 Å². The molecule has 0 bridgehead atoms. The Labute approximate surface area is 395 Å². The quantitative estimate of drug-likeness (QED) is 0.0262. The van der Waals surface area contributed by atoms with Gasteiger partial charge in [-0.2, -0.15) is 0 Å². The summed E-state index contributed by atoms with van der Waals surface area (Å²) in [6.45, 7) is 6.38. The minimum Gasteiger partial charge on any atom is -0.462 e. The van der Waals surface area contributed by atoms with Gasteiger partial charge in [0.05, 0.1) is 0 Å². The number of esters is 3. The molecule has 0 saturated heterocycles. The Morgan fingerprint density at radius 3 is 0.984 bits per heavy atom. The zero-order chi connectivity index (χ0) is 46.5. The molecule has 0 radical (unpaired) electrons. The summed E-state index contributed by atoms with van der Waals surface area (Å²) in [4.78, 5) is 38.0. The van der Waals surface area contributed by atoms with Gasteiger partial charge in [-0.25, -0.2) is 0 Å². The minimum absolute atomic E-state index is 0.0940. The van der Waals surface area contributed by atoms with Gasteiger partial charge in [0.15, 0.2) is 6.10 Å². The zero-order valence-electron chi connectivity index (χ0n) is 41.8. The first-order chi connectivity index (χ1) is 31.5. The minimum atomic E-state index is -0.795. The number of allylic oxidation sites excluding steroid dienone is 14. The number of hydrogen-bond donors (Lipinski definition) is 0. The number of carbonyl (C=O) groups is 3. The normalized spacial score (nSPS) is 12.7. The standard InChI is InChI=1S/C58H98O6/c1-4-7-10-13-16-19-22-25-28-30-33-36-39-42-45-48-51-57(60)63-54-55(53-62-56(59)50-47-44-41-38-35-32-27-24-21-18-15-12-9-6-3)64-58(61)52-49-46-43-40-37-34-31-29-26-23-20-17-14-11-8-5-2/h7-8,10-11,16-17,19-20,25-26,28-29,32,35,55H,4-6,9,12-15,18,21-24,27,30-31,33-34,36-54H2,1-3H3/b10-7-,11-8-,19-16-,20-17-,28-25-,29-26-,35-32-. The van der Waals surface area contributed by atoms with E-state index in [-0.39, 0.29) is 31.1 Å². The van der Waals surface area contributed by atoms with Crippen molar-refractivity contribution in [1.82, 2.24) is 0 Å². The highest BCUT2D eigenvalue weighted by molar-refractivity contribution is 5.71. The Morgan fingerprint density at radius 2 is 0.609 bits per heavy atom. The summed E-state index contributed by atoms with van der Waals surface area (Å²) in [5.74, 6) is -0.934. The van der Waals surface area contributed by atoms with Crippen LogP contribution in [0.3, 0.4) is 0 Å². The number of carbonyl (C=O) groups excluding carboxylic acids is 3. The summed E-state index contributed by atoms with van der Waals surface area (Å²) >= 11 is 0. The van der Waals surface area contributed by atoms with Gasteiger partial charge in [0, 0.05) is 19.3 Å². The number of ether oxygens (including phenoxy) is 3. The predicted molar refractivity (Wildman–Crippen MR) is 274 cm³/mol. The Kier molecular flexibility index (Phi) is 49.4. The predicted octanol–water partition coefficient (Wildman–Crippen LogP) is 17.6. The lowest BCUT2D eigenvalue weighted by Crippen LogP contribution is -2.30. The second-order valence-electron chi connectivity index (χ2n) is 17.4. The first-order valence-electron chi connectivity index (χ1n) is 26.6. The van der Waals surface area contributed by atoms with E-state index in [1.54, 1.807) is 0 Å². The van der Waals surface area contributed by atoms with Gasteiger partial charge in [-0.05, 0) is 109 Å². The van der Waals surface area contributed by atoms with Crippen LogP contribution < -0.4 is 0 Å².